The Morgan fingerprint density at radius 2 is 2.19 bits per heavy atom. The van der Waals surface area contributed by atoms with Crippen molar-refractivity contribution in [2.75, 3.05) is 18.1 Å². The van der Waals surface area contributed by atoms with Crippen molar-refractivity contribution in [1.82, 2.24) is 20.4 Å². The van der Waals surface area contributed by atoms with Gasteiger partial charge in [-0.3, -0.25) is 9.48 Å². The van der Waals surface area contributed by atoms with Crippen molar-refractivity contribution in [3.63, 3.8) is 0 Å². The molecule has 1 aromatic rings. The molecule has 2 heterocycles. The van der Waals surface area contributed by atoms with Crippen LogP contribution < -0.4 is 10.6 Å². The summed E-state index contributed by atoms with van der Waals surface area (Å²) in [6.07, 6.45) is 0.178. The van der Waals surface area contributed by atoms with Crippen LogP contribution in [-0.2, 0) is 28.2 Å². The van der Waals surface area contributed by atoms with E-state index in [0.717, 1.165) is 17.0 Å². The Morgan fingerprint density at radius 1 is 1.48 bits per heavy atom. The molecule has 0 aromatic carbocycles. The average molecular weight is 314 g/mol. The Bertz CT molecular complexity index is 636. The van der Waals surface area contributed by atoms with Crippen molar-refractivity contribution in [2.45, 2.75) is 32.9 Å². The van der Waals surface area contributed by atoms with E-state index in [-0.39, 0.29) is 29.9 Å². The highest BCUT2D eigenvalue weighted by Gasteiger charge is 2.26. The topological polar surface area (TPSA) is 93.1 Å². The maximum Gasteiger partial charge on any atom is 0.221 e. The van der Waals surface area contributed by atoms with Crippen molar-refractivity contribution >= 4 is 15.7 Å². The molecule has 7 nitrogen and oxygen atoms in total. The van der Waals surface area contributed by atoms with Crippen molar-refractivity contribution in [1.29, 1.82) is 0 Å². The van der Waals surface area contributed by atoms with Gasteiger partial charge in [0.05, 0.1) is 17.2 Å². The molecule has 0 aliphatic carbocycles. The maximum atomic E-state index is 12.0. The van der Waals surface area contributed by atoms with E-state index in [2.05, 4.69) is 15.7 Å². The van der Waals surface area contributed by atoms with E-state index in [1.54, 1.807) is 4.68 Å². The van der Waals surface area contributed by atoms with Gasteiger partial charge in [-0.2, -0.15) is 5.10 Å². The van der Waals surface area contributed by atoms with Crippen LogP contribution in [0, 0.1) is 13.8 Å². The number of amides is 1. The summed E-state index contributed by atoms with van der Waals surface area (Å²) in [5.41, 5.74) is 2.93. The summed E-state index contributed by atoms with van der Waals surface area (Å²) in [7, 11) is -1.15. The average Bonchev–Trinajstić information content (AvgIpc) is 2.60. The number of aryl methyl sites for hydroxylation is 2. The second kappa shape index (κ2) is 6.15. The highest BCUT2D eigenvalue weighted by atomic mass is 32.2. The number of carbonyl (C=O) groups is 1. The Labute approximate surface area is 125 Å². The lowest BCUT2D eigenvalue weighted by molar-refractivity contribution is -0.121. The van der Waals surface area contributed by atoms with Gasteiger partial charge >= 0.3 is 0 Å². The van der Waals surface area contributed by atoms with E-state index >= 15 is 0 Å². The zero-order valence-corrected chi connectivity index (χ0v) is 13.5. The van der Waals surface area contributed by atoms with E-state index in [9.17, 15) is 13.2 Å². The molecular weight excluding hydrogens is 292 g/mol. The number of hydrogen-bond donors (Lipinski definition) is 2. The molecule has 1 aliphatic rings. The molecular formula is C13H22N4O3S. The standard InChI is InChI=1S/C13H22N4O3S/c1-9-12(10(2)17(3)16-9)7-15-13(18)6-11-8-21(19,20)5-4-14-11/h11,14H,4-8H2,1-3H3,(H,15,18). The van der Waals surface area contributed by atoms with Crippen LogP contribution in [0.2, 0.25) is 0 Å². The van der Waals surface area contributed by atoms with Gasteiger partial charge in [-0.1, -0.05) is 0 Å². The molecule has 1 fully saturated rings. The number of nitrogens with one attached hydrogen (secondary N) is 2. The van der Waals surface area contributed by atoms with Crippen LogP contribution in [0.3, 0.4) is 0 Å². The molecule has 118 valence electrons. The van der Waals surface area contributed by atoms with Gasteiger partial charge in [0.2, 0.25) is 5.91 Å². The van der Waals surface area contributed by atoms with E-state index in [1.807, 2.05) is 20.9 Å². The highest BCUT2D eigenvalue weighted by molar-refractivity contribution is 7.91. The van der Waals surface area contributed by atoms with E-state index in [1.165, 1.54) is 0 Å². The summed E-state index contributed by atoms with van der Waals surface area (Å²) < 4.78 is 24.8. The molecule has 0 bridgehead atoms. The van der Waals surface area contributed by atoms with Gasteiger partial charge in [0.15, 0.2) is 9.84 Å². The van der Waals surface area contributed by atoms with Crippen molar-refractivity contribution in [3.05, 3.63) is 17.0 Å². The molecule has 1 aliphatic heterocycles. The summed E-state index contributed by atoms with van der Waals surface area (Å²) in [5.74, 6) is 0.0390. The molecule has 1 aromatic heterocycles. The van der Waals surface area contributed by atoms with Crippen LogP contribution in [0.15, 0.2) is 0 Å². The number of carbonyl (C=O) groups excluding carboxylic acids is 1. The van der Waals surface area contributed by atoms with E-state index in [4.69, 9.17) is 0 Å². The summed E-state index contributed by atoms with van der Waals surface area (Å²) in [6.45, 7) is 4.70. The first-order chi connectivity index (χ1) is 9.78. The summed E-state index contributed by atoms with van der Waals surface area (Å²) >= 11 is 0. The Hall–Kier alpha value is -1.41. The minimum Gasteiger partial charge on any atom is -0.352 e. The fraction of sp³-hybridized carbons (Fsp3) is 0.692. The molecule has 0 radical (unpaired) electrons. The summed E-state index contributed by atoms with van der Waals surface area (Å²) in [6, 6.07) is -0.292. The Balaban J connectivity index is 1.88. The third kappa shape index (κ3) is 4.04. The number of hydrogen-bond acceptors (Lipinski definition) is 5. The Kier molecular flexibility index (Phi) is 4.67. The monoisotopic (exact) mass is 314 g/mol. The van der Waals surface area contributed by atoms with Gasteiger partial charge in [-0.05, 0) is 13.8 Å². The SMILES string of the molecule is Cc1nn(C)c(C)c1CNC(=O)CC1CS(=O)(=O)CCN1. The third-order valence-corrected chi connectivity index (χ3v) is 5.59. The van der Waals surface area contributed by atoms with Crippen LogP contribution in [0.5, 0.6) is 0 Å². The fourth-order valence-electron chi connectivity index (χ4n) is 2.55. The van der Waals surface area contributed by atoms with Gasteiger partial charge in [-0.25, -0.2) is 8.42 Å². The first-order valence-corrected chi connectivity index (χ1v) is 8.80. The minimum absolute atomic E-state index is 0.0331. The molecule has 21 heavy (non-hydrogen) atoms. The largest absolute Gasteiger partial charge is 0.352 e. The zero-order valence-electron chi connectivity index (χ0n) is 12.6. The van der Waals surface area contributed by atoms with Crippen molar-refractivity contribution in [2.24, 2.45) is 7.05 Å². The number of nitrogens with zero attached hydrogens (tertiary/aromatic N) is 2. The molecule has 2 rings (SSSR count). The van der Waals surface area contributed by atoms with Crippen molar-refractivity contribution in [3.8, 4) is 0 Å². The minimum atomic E-state index is -3.01. The molecule has 0 spiro atoms. The molecule has 1 amide bonds. The van der Waals surface area contributed by atoms with Crippen LogP contribution in [0.1, 0.15) is 23.4 Å². The van der Waals surface area contributed by atoms with Gasteiger partial charge in [-0.15, -0.1) is 0 Å². The second-order valence-corrected chi connectivity index (χ2v) is 7.75. The van der Waals surface area contributed by atoms with Crippen molar-refractivity contribution < 1.29 is 13.2 Å². The number of rotatable bonds is 4. The maximum absolute atomic E-state index is 12.0. The molecule has 8 heteroatoms. The number of aromatic nitrogens is 2. The van der Waals surface area contributed by atoms with Crippen LogP contribution >= 0.6 is 0 Å². The van der Waals surface area contributed by atoms with Crippen LogP contribution in [-0.4, -0.2) is 48.2 Å². The summed E-state index contributed by atoms with van der Waals surface area (Å²) in [4.78, 5) is 12.0. The predicted molar refractivity (Wildman–Crippen MR) is 79.6 cm³/mol. The van der Waals surface area contributed by atoms with Crippen LogP contribution in [0.4, 0.5) is 0 Å². The van der Waals surface area contributed by atoms with Gasteiger partial charge < -0.3 is 10.6 Å². The lowest BCUT2D eigenvalue weighted by Crippen LogP contribution is -2.47. The zero-order chi connectivity index (χ0) is 15.6. The van der Waals surface area contributed by atoms with Gasteiger partial charge in [0.25, 0.3) is 0 Å². The van der Waals surface area contributed by atoms with Gasteiger partial charge in [0.1, 0.15) is 0 Å². The molecule has 1 saturated heterocycles. The smallest absolute Gasteiger partial charge is 0.221 e. The third-order valence-electron chi connectivity index (χ3n) is 3.85. The first-order valence-electron chi connectivity index (χ1n) is 6.98. The highest BCUT2D eigenvalue weighted by Crippen LogP contribution is 2.11. The number of sulfone groups is 1. The normalized spacial score (nSPS) is 21.2. The predicted octanol–water partition coefficient (Wildman–Crippen LogP) is -0.570. The van der Waals surface area contributed by atoms with Crippen LogP contribution in [0.25, 0.3) is 0 Å². The lowest BCUT2D eigenvalue weighted by atomic mass is 10.2. The quantitative estimate of drug-likeness (QED) is 0.776. The van der Waals surface area contributed by atoms with Gasteiger partial charge in [0, 0.05) is 43.9 Å². The van der Waals surface area contributed by atoms with E-state index < -0.39 is 9.84 Å². The fourth-order valence-corrected chi connectivity index (χ4v) is 4.00. The first kappa shape index (κ1) is 16.0. The Morgan fingerprint density at radius 3 is 2.76 bits per heavy atom. The molecule has 1 atom stereocenters. The lowest BCUT2D eigenvalue weighted by Gasteiger charge is -2.23. The summed E-state index contributed by atoms with van der Waals surface area (Å²) in [5, 5.41) is 10.2. The molecule has 0 saturated carbocycles. The second-order valence-electron chi connectivity index (χ2n) is 5.52. The van der Waals surface area contributed by atoms with E-state index in [0.29, 0.717) is 13.1 Å². The molecule has 2 N–H and O–H groups in total. The molecule has 1 unspecified atom stereocenters.